The lowest BCUT2D eigenvalue weighted by atomic mass is 10.2. The summed E-state index contributed by atoms with van der Waals surface area (Å²) in [5, 5.41) is 0. The minimum atomic E-state index is -0.164. The van der Waals surface area contributed by atoms with Gasteiger partial charge in [-0.2, -0.15) is 0 Å². The summed E-state index contributed by atoms with van der Waals surface area (Å²) in [6.07, 6.45) is 0. The van der Waals surface area contributed by atoms with E-state index < -0.39 is 0 Å². The molecule has 1 rings (SSSR count). The smallest absolute Gasteiger partial charge is 0.236 e. The van der Waals surface area contributed by atoms with Crippen LogP contribution in [0.1, 0.15) is 12.5 Å². The summed E-state index contributed by atoms with van der Waals surface area (Å²) in [5.74, 6) is 0.0888. The number of alkyl halides is 1. The van der Waals surface area contributed by atoms with Crippen LogP contribution >= 0.6 is 15.9 Å². The van der Waals surface area contributed by atoms with Crippen LogP contribution in [0.3, 0.4) is 0 Å². The number of ether oxygens (including phenoxy) is 1. The maximum Gasteiger partial charge on any atom is 0.236 e. The molecule has 0 heterocycles. The summed E-state index contributed by atoms with van der Waals surface area (Å²) >= 11 is 3.31. The molecule has 0 aliphatic heterocycles. The lowest BCUT2D eigenvalue weighted by Gasteiger charge is -2.23. The summed E-state index contributed by atoms with van der Waals surface area (Å²) in [5.41, 5.74) is 1.13. The molecule has 0 aromatic heterocycles. The van der Waals surface area contributed by atoms with E-state index in [0.29, 0.717) is 19.7 Å². The van der Waals surface area contributed by atoms with Crippen LogP contribution in [-0.2, 0) is 16.1 Å². The van der Waals surface area contributed by atoms with E-state index >= 15 is 0 Å². The van der Waals surface area contributed by atoms with Crippen LogP contribution < -0.4 is 0 Å². The van der Waals surface area contributed by atoms with Gasteiger partial charge in [-0.25, -0.2) is 0 Å². The van der Waals surface area contributed by atoms with Crippen molar-refractivity contribution < 1.29 is 9.53 Å². The monoisotopic (exact) mass is 299 g/mol. The van der Waals surface area contributed by atoms with Gasteiger partial charge in [-0.05, 0) is 12.5 Å². The Hall–Kier alpha value is -0.870. The van der Waals surface area contributed by atoms with E-state index in [4.69, 9.17) is 4.74 Å². The van der Waals surface area contributed by atoms with E-state index in [1.165, 1.54) is 0 Å². The Morgan fingerprint density at radius 2 is 2.06 bits per heavy atom. The van der Waals surface area contributed by atoms with Gasteiger partial charge in [0.25, 0.3) is 0 Å². The van der Waals surface area contributed by atoms with Crippen molar-refractivity contribution >= 4 is 21.8 Å². The Bertz CT molecular complexity index is 341. The number of amides is 1. The second kappa shape index (κ2) is 7.45. The third-order valence-electron chi connectivity index (χ3n) is 2.43. The van der Waals surface area contributed by atoms with Crippen LogP contribution in [0.4, 0.5) is 0 Å². The van der Waals surface area contributed by atoms with Gasteiger partial charge in [0.05, 0.1) is 11.4 Å². The van der Waals surface area contributed by atoms with Gasteiger partial charge in [0.15, 0.2) is 0 Å². The predicted octanol–water partition coefficient (Wildman–Crippen LogP) is 2.45. The zero-order valence-corrected chi connectivity index (χ0v) is 11.8. The minimum absolute atomic E-state index is 0.0888. The molecule has 0 saturated heterocycles. The van der Waals surface area contributed by atoms with Crippen LogP contribution in [0, 0.1) is 0 Å². The average Bonchev–Trinajstić information content (AvgIpc) is 2.34. The highest BCUT2D eigenvalue weighted by Crippen LogP contribution is 2.09. The van der Waals surface area contributed by atoms with E-state index in [-0.39, 0.29) is 10.7 Å². The molecule has 0 fully saturated rings. The number of carbonyl (C=O) groups excluding carboxylic acids is 1. The van der Waals surface area contributed by atoms with Gasteiger partial charge in [-0.3, -0.25) is 4.79 Å². The van der Waals surface area contributed by atoms with E-state index in [1.807, 2.05) is 37.3 Å². The van der Waals surface area contributed by atoms with Crippen LogP contribution in [0.25, 0.3) is 0 Å². The van der Waals surface area contributed by atoms with E-state index in [0.717, 1.165) is 5.56 Å². The summed E-state index contributed by atoms with van der Waals surface area (Å²) < 4.78 is 5.03. The lowest BCUT2D eigenvalue weighted by Crippen LogP contribution is -2.37. The summed E-state index contributed by atoms with van der Waals surface area (Å²) in [6.45, 7) is 3.63. The van der Waals surface area contributed by atoms with Gasteiger partial charge >= 0.3 is 0 Å². The fourth-order valence-electron chi connectivity index (χ4n) is 1.52. The fraction of sp³-hybridized carbons (Fsp3) is 0.462. The van der Waals surface area contributed by atoms with Crippen molar-refractivity contribution in [1.82, 2.24) is 4.90 Å². The van der Waals surface area contributed by atoms with E-state index in [1.54, 1.807) is 12.0 Å². The number of methoxy groups -OCH3 is 1. The van der Waals surface area contributed by atoms with Crippen LogP contribution in [0.5, 0.6) is 0 Å². The van der Waals surface area contributed by atoms with Gasteiger partial charge in [-0.15, -0.1) is 0 Å². The second-order valence-corrected chi connectivity index (χ2v) is 5.23. The minimum Gasteiger partial charge on any atom is -0.383 e. The largest absolute Gasteiger partial charge is 0.383 e. The third kappa shape index (κ3) is 4.88. The quantitative estimate of drug-likeness (QED) is 0.755. The number of halogens is 1. The topological polar surface area (TPSA) is 29.5 Å². The van der Waals surface area contributed by atoms with Gasteiger partial charge in [-0.1, -0.05) is 46.3 Å². The van der Waals surface area contributed by atoms with Crippen molar-refractivity contribution in [2.24, 2.45) is 0 Å². The van der Waals surface area contributed by atoms with Crippen molar-refractivity contribution in [2.75, 3.05) is 20.3 Å². The normalized spacial score (nSPS) is 12.2. The third-order valence-corrected chi connectivity index (χ3v) is 2.83. The second-order valence-electron chi connectivity index (χ2n) is 3.85. The molecule has 4 heteroatoms. The van der Waals surface area contributed by atoms with Crippen molar-refractivity contribution in [3.8, 4) is 0 Å². The highest BCUT2D eigenvalue weighted by atomic mass is 79.9. The van der Waals surface area contributed by atoms with Gasteiger partial charge < -0.3 is 9.64 Å². The Kier molecular flexibility index (Phi) is 6.22. The molecule has 0 N–H and O–H groups in total. The Balaban J connectivity index is 2.66. The molecule has 0 spiro atoms. The molecular weight excluding hydrogens is 282 g/mol. The molecule has 0 aliphatic rings. The van der Waals surface area contributed by atoms with Crippen molar-refractivity contribution in [3.63, 3.8) is 0 Å². The number of benzene rings is 1. The van der Waals surface area contributed by atoms with Crippen molar-refractivity contribution in [3.05, 3.63) is 35.9 Å². The first-order valence-corrected chi connectivity index (χ1v) is 6.52. The zero-order valence-electron chi connectivity index (χ0n) is 10.2. The summed E-state index contributed by atoms with van der Waals surface area (Å²) in [7, 11) is 1.64. The van der Waals surface area contributed by atoms with Gasteiger partial charge in [0.1, 0.15) is 0 Å². The number of carbonyl (C=O) groups is 1. The summed E-state index contributed by atoms with van der Waals surface area (Å²) in [4.78, 5) is 13.6. The fourth-order valence-corrected chi connectivity index (χ4v) is 1.81. The van der Waals surface area contributed by atoms with Crippen molar-refractivity contribution in [2.45, 2.75) is 18.3 Å². The molecule has 0 bridgehead atoms. The molecule has 1 unspecified atom stereocenters. The standard InChI is InChI=1S/C13H18BrNO2/c1-11(14)13(16)15(8-9-17-2)10-12-6-4-3-5-7-12/h3-7,11H,8-10H2,1-2H3. The first kappa shape index (κ1) is 14.2. The Morgan fingerprint density at radius 3 is 2.59 bits per heavy atom. The highest BCUT2D eigenvalue weighted by Gasteiger charge is 2.17. The number of hydrogen-bond acceptors (Lipinski definition) is 2. The molecule has 1 aromatic carbocycles. The van der Waals surface area contributed by atoms with Crippen LogP contribution in [-0.4, -0.2) is 35.9 Å². The Morgan fingerprint density at radius 1 is 1.41 bits per heavy atom. The molecule has 1 aromatic rings. The molecule has 1 amide bonds. The molecule has 17 heavy (non-hydrogen) atoms. The van der Waals surface area contributed by atoms with Crippen molar-refractivity contribution in [1.29, 1.82) is 0 Å². The first-order chi connectivity index (χ1) is 8.15. The molecule has 0 aliphatic carbocycles. The lowest BCUT2D eigenvalue weighted by molar-refractivity contribution is -0.131. The maximum absolute atomic E-state index is 12.0. The zero-order chi connectivity index (χ0) is 12.7. The SMILES string of the molecule is COCCN(Cc1ccccc1)C(=O)C(C)Br. The number of hydrogen-bond donors (Lipinski definition) is 0. The summed E-state index contributed by atoms with van der Waals surface area (Å²) in [6, 6.07) is 9.97. The van der Waals surface area contributed by atoms with E-state index in [9.17, 15) is 4.79 Å². The van der Waals surface area contributed by atoms with Crippen LogP contribution in [0.15, 0.2) is 30.3 Å². The maximum atomic E-state index is 12.0. The predicted molar refractivity (Wildman–Crippen MR) is 72.1 cm³/mol. The number of nitrogens with zero attached hydrogens (tertiary/aromatic N) is 1. The van der Waals surface area contributed by atoms with E-state index in [2.05, 4.69) is 15.9 Å². The molecular formula is C13H18BrNO2. The molecule has 1 atom stereocenters. The number of rotatable bonds is 6. The molecule has 0 saturated carbocycles. The molecule has 0 radical (unpaired) electrons. The highest BCUT2D eigenvalue weighted by molar-refractivity contribution is 9.10. The average molecular weight is 300 g/mol. The van der Waals surface area contributed by atoms with Gasteiger partial charge in [0, 0.05) is 20.2 Å². The van der Waals surface area contributed by atoms with Gasteiger partial charge in [0.2, 0.25) is 5.91 Å². The van der Waals surface area contributed by atoms with Crippen LogP contribution in [0.2, 0.25) is 0 Å². The molecule has 94 valence electrons. The first-order valence-electron chi connectivity index (χ1n) is 5.61. The molecule has 3 nitrogen and oxygen atoms in total. The Labute approximate surface area is 111 Å².